The molecule has 0 spiro atoms. The first-order chi connectivity index (χ1) is 32.6. The summed E-state index contributed by atoms with van der Waals surface area (Å²) in [6.45, 7) is 4.91. The second-order valence-corrected chi connectivity index (χ2v) is 16.5. The Kier molecular flexibility index (Phi) is 17.3. The van der Waals surface area contributed by atoms with Crippen molar-refractivity contribution >= 4 is 52.0 Å². The fourth-order valence-electron chi connectivity index (χ4n) is 8.57. The van der Waals surface area contributed by atoms with Gasteiger partial charge in [0.1, 0.15) is 30.0 Å². The van der Waals surface area contributed by atoms with Crippen LogP contribution in [0.5, 0.6) is 11.5 Å². The Morgan fingerprint density at radius 2 is 1.48 bits per heavy atom. The first kappa shape index (κ1) is 48.6. The van der Waals surface area contributed by atoms with E-state index in [2.05, 4.69) is 20.9 Å². The van der Waals surface area contributed by atoms with Crippen LogP contribution in [-0.2, 0) is 38.1 Å². The summed E-state index contributed by atoms with van der Waals surface area (Å²) in [5.74, 6) is -2.15. The summed E-state index contributed by atoms with van der Waals surface area (Å²) in [5, 5.41) is 8.73. The molecule has 0 radical (unpaired) electrons. The molecule has 3 N–H and O–H groups in total. The van der Waals surface area contributed by atoms with Crippen LogP contribution in [0.25, 0.3) is 10.9 Å². The second kappa shape index (κ2) is 23.9. The summed E-state index contributed by atoms with van der Waals surface area (Å²) in [4.78, 5) is 80.8. The summed E-state index contributed by atoms with van der Waals surface area (Å²) in [7, 11) is 0. The Morgan fingerprint density at radius 1 is 0.791 bits per heavy atom. The van der Waals surface area contributed by atoms with Gasteiger partial charge in [-0.15, -0.1) is 0 Å². The van der Waals surface area contributed by atoms with E-state index in [0.29, 0.717) is 70.2 Å². The van der Waals surface area contributed by atoms with Gasteiger partial charge in [0.05, 0.1) is 69.5 Å². The maximum Gasteiger partial charge on any atom is 0.266 e. The number of ether oxygens (including phenoxy) is 6. The number of aromatic nitrogens is 1. The third-order valence-electron chi connectivity index (χ3n) is 12.2. The normalized spacial score (nSPS) is 18.7. The zero-order valence-corrected chi connectivity index (χ0v) is 37.4. The van der Waals surface area contributed by atoms with Crippen molar-refractivity contribution in [2.24, 2.45) is 11.8 Å². The lowest BCUT2D eigenvalue weighted by Gasteiger charge is -2.32. The predicted molar refractivity (Wildman–Crippen MR) is 241 cm³/mol. The number of halogens is 1. The minimum absolute atomic E-state index is 0.00440. The van der Waals surface area contributed by atoms with Crippen molar-refractivity contribution in [2.75, 3.05) is 77.9 Å². The first-order valence-electron chi connectivity index (χ1n) is 22.7. The Labute approximate surface area is 387 Å². The number of imide groups is 2. The largest absolute Gasteiger partial charge is 0.491 e. The van der Waals surface area contributed by atoms with E-state index in [0.717, 1.165) is 47.0 Å². The summed E-state index contributed by atoms with van der Waals surface area (Å²) in [5.41, 5.74) is 2.67. The van der Waals surface area contributed by atoms with Crippen molar-refractivity contribution in [1.29, 1.82) is 0 Å². The quantitative estimate of drug-likeness (QED) is 0.0628. The molecule has 3 aliphatic rings. The Morgan fingerprint density at radius 3 is 2.18 bits per heavy atom. The summed E-state index contributed by atoms with van der Waals surface area (Å²) >= 11 is 0. The zero-order chi connectivity index (χ0) is 47.1. The molecule has 18 heteroatoms. The molecular weight excluding hydrogens is 870 g/mol. The highest BCUT2D eigenvalue weighted by atomic mass is 19.1. The van der Waals surface area contributed by atoms with E-state index in [1.54, 1.807) is 18.3 Å². The van der Waals surface area contributed by atoms with Crippen LogP contribution >= 0.6 is 0 Å². The molecule has 1 saturated carbocycles. The third-order valence-corrected chi connectivity index (χ3v) is 12.2. The number of carbonyl (C=O) groups excluding carboxylic acids is 6. The van der Waals surface area contributed by atoms with Gasteiger partial charge < -0.3 is 39.1 Å². The van der Waals surface area contributed by atoms with Crippen molar-refractivity contribution in [2.45, 2.75) is 57.4 Å². The molecule has 1 saturated heterocycles. The van der Waals surface area contributed by atoms with Gasteiger partial charge in [-0.2, -0.15) is 0 Å². The molecule has 2 fully saturated rings. The zero-order valence-electron chi connectivity index (χ0n) is 37.4. The number of hydrogen-bond acceptors (Lipinski definition) is 13. The fourth-order valence-corrected chi connectivity index (χ4v) is 8.57. The van der Waals surface area contributed by atoms with Gasteiger partial charge in [0.2, 0.25) is 17.7 Å². The van der Waals surface area contributed by atoms with E-state index in [4.69, 9.17) is 28.4 Å². The van der Waals surface area contributed by atoms with E-state index in [1.165, 1.54) is 24.3 Å². The van der Waals surface area contributed by atoms with Crippen molar-refractivity contribution < 1.29 is 61.6 Å². The number of hydrogen-bond donors (Lipinski definition) is 3. The van der Waals surface area contributed by atoms with E-state index in [1.807, 2.05) is 37.3 Å². The van der Waals surface area contributed by atoms with Crippen LogP contribution in [0, 0.1) is 17.7 Å². The van der Waals surface area contributed by atoms with Crippen LogP contribution in [0.15, 0.2) is 72.9 Å². The molecule has 2 aliphatic heterocycles. The maximum absolute atomic E-state index is 14.0. The molecular formula is C49H56FN5O12. The molecule has 356 valence electrons. The average molecular weight is 926 g/mol. The number of pyridine rings is 1. The van der Waals surface area contributed by atoms with Crippen LogP contribution in [0.2, 0.25) is 0 Å². The molecule has 6 amide bonds. The third kappa shape index (κ3) is 13.0. The lowest BCUT2D eigenvalue weighted by atomic mass is 9.73. The SMILES string of the molecule is C[C@@H](C(=O)Nc1ccc(OCCOCCOCCOCCOCCNC(=O)COc2cccc3c2C(=O)N(C2CCC(=O)NC2=O)C3=O)cc1)[C@H]1CC[C@@H](c2ccnc3ccc(F)cc32)CC1. The second-order valence-electron chi connectivity index (χ2n) is 16.5. The van der Waals surface area contributed by atoms with Gasteiger partial charge in [0.25, 0.3) is 17.7 Å². The van der Waals surface area contributed by atoms with Gasteiger partial charge in [-0.1, -0.05) is 13.0 Å². The fraction of sp³-hybridized carbons (Fsp3) is 0.449. The lowest BCUT2D eigenvalue weighted by Crippen LogP contribution is -2.54. The number of amides is 6. The number of fused-ring (bicyclic) bond motifs is 2. The van der Waals surface area contributed by atoms with Crippen molar-refractivity contribution in [3.63, 3.8) is 0 Å². The van der Waals surface area contributed by atoms with Crippen molar-refractivity contribution in [3.8, 4) is 11.5 Å². The molecule has 3 aromatic carbocycles. The highest BCUT2D eigenvalue weighted by molar-refractivity contribution is 6.24. The first-order valence-corrected chi connectivity index (χ1v) is 22.7. The van der Waals surface area contributed by atoms with Gasteiger partial charge in [-0.3, -0.25) is 44.0 Å². The summed E-state index contributed by atoms with van der Waals surface area (Å²) < 4.78 is 47.5. The van der Waals surface area contributed by atoms with Gasteiger partial charge >= 0.3 is 0 Å². The standard InChI is InChI=1S/C49H56FN5O12/c1-31(32-5-7-33(8-6-32)37-17-18-51-40-14-9-34(50)29-39(37)40)46(58)53-35-10-12-36(13-11-35)66-28-27-65-26-25-64-24-23-63-22-21-62-20-19-52-44(57)30-67-42-4-2-3-38-45(42)49(61)55(48(38)60)41-15-16-43(56)54-47(41)59/h2-4,9-14,17-18,29,31-33,41H,5-8,15-16,19-28,30H2,1H3,(H,52,57)(H,53,58)(H,54,56,59)/t31-,32-,33+,41?/m1/s1. The highest BCUT2D eigenvalue weighted by Crippen LogP contribution is 2.41. The van der Waals surface area contributed by atoms with Crippen LogP contribution in [0.1, 0.15) is 77.6 Å². The lowest BCUT2D eigenvalue weighted by molar-refractivity contribution is -0.136. The van der Waals surface area contributed by atoms with E-state index in [-0.39, 0.29) is 66.4 Å². The molecule has 7 rings (SSSR count). The number of rotatable bonds is 24. The topological polar surface area (TPSA) is 210 Å². The van der Waals surface area contributed by atoms with Gasteiger partial charge in [0.15, 0.2) is 6.61 Å². The van der Waals surface area contributed by atoms with Crippen molar-refractivity contribution in [3.05, 3.63) is 95.4 Å². The maximum atomic E-state index is 14.0. The average Bonchev–Trinajstić information content (AvgIpc) is 3.59. The van der Waals surface area contributed by atoms with Crippen LogP contribution < -0.4 is 25.4 Å². The van der Waals surface area contributed by atoms with Gasteiger partial charge in [-0.05, 0) is 110 Å². The Hall–Kier alpha value is -6.34. The predicted octanol–water partition coefficient (Wildman–Crippen LogP) is 4.96. The van der Waals surface area contributed by atoms with Gasteiger partial charge in [-0.25, -0.2) is 4.39 Å². The molecule has 1 unspecified atom stereocenters. The van der Waals surface area contributed by atoms with E-state index < -0.39 is 42.2 Å². The minimum Gasteiger partial charge on any atom is -0.491 e. The molecule has 17 nitrogen and oxygen atoms in total. The number of piperidine rings is 1. The van der Waals surface area contributed by atoms with Gasteiger partial charge in [0, 0.05) is 36.2 Å². The van der Waals surface area contributed by atoms with E-state index in [9.17, 15) is 33.2 Å². The smallest absolute Gasteiger partial charge is 0.266 e. The molecule has 1 aromatic heterocycles. The van der Waals surface area contributed by atoms with Crippen LogP contribution in [-0.4, -0.2) is 124 Å². The Balaban J connectivity index is 0.659. The Bertz CT molecular complexity index is 2390. The minimum atomic E-state index is -1.11. The molecule has 3 heterocycles. The number of nitrogens with one attached hydrogen (secondary N) is 3. The monoisotopic (exact) mass is 925 g/mol. The number of nitrogens with zero attached hydrogens (tertiary/aromatic N) is 2. The summed E-state index contributed by atoms with van der Waals surface area (Å²) in [6, 6.07) is 17.3. The highest BCUT2D eigenvalue weighted by Gasteiger charge is 2.46. The number of carbonyl (C=O) groups is 6. The van der Waals surface area contributed by atoms with Crippen LogP contribution in [0.4, 0.5) is 10.1 Å². The molecule has 4 aromatic rings. The summed E-state index contributed by atoms with van der Waals surface area (Å²) in [6.07, 6.45) is 5.57. The molecule has 1 aliphatic carbocycles. The number of anilines is 1. The van der Waals surface area contributed by atoms with E-state index >= 15 is 0 Å². The molecule has 2 atom stereocenters. The molecule has 67 heavy (non-hydrogen) atoms. The van der Waals surface area contributed by atoms with Crippen LogP contribution in [0.3, 0.4) is 0 Å². The van der Waals surface area contributed by atoms with Crippen molar-refractivity contribution in [1.82, 2.24) is 20.5 Å². The number of benzene rings is 3. The molecule has 0 bridgehead atoms.